The Hall–Kier alpha value is -0.510. The third-order valence-electron chi connectivity index (χ3n) is 1.12. The van der Waals surface area contributed by atoms with Gasteiger partial charge in [-0.2, -0.15) is 0 Å². The highest BCUT2D eigenvalue weighted by molar-refractivity contribution is 7.94. The monoisotopic (exact) mass is 192 g/mol. The van der Waals surface area contributed by atoms with Crippen LogP contribution < -0.4 is 0 Å². The average Bonchev–Trinajstić information content (AvgIpc) is 1.78. The fourth-order valence-electron chi connectivity index (χ4n) is 0.671. The first-order valence-corrected chi connectivity index (χ1v) is 5.53. The lowest BCUT2D eigenvalue weighted by molar-refractivity contribution is 0.308. The van der Waals surface area contributed by atoms with Crippen molar-refractivity contribution in [1.29, 1.82) is 0 Å². The number of methoxy groups -OCH3 is 1. The highest BCUT2D eigenvalue weighted by atomic mass is 32.2. The lowest BCUT2D eigenvalue weighted by Gasteiger charge is -2.14. The van der Waals surface area contributed by atoms with Gasteiger partial charge in [0.25, 0.3) is 0 Å². The molecule has 0 amide bonds. The summed E-state index contributed by atoms with van der Waals surface area (Å²) in [5, 5.41) is 0.0370. The van der Waals surface area contributed by atoms with Crippen molar-refractivity contribution in [3.05, 3.63) is 11.2 Å². The van der Waals surface area contributed by atoms with Crippen molar-refractivity contribution in [2.45, 2.75) is 20.8 Å². The van der Waals surface area contributed by atoms with Crippen molar-refractivity contribution in [2.75, 3.05) is 13.4 Å². The molecule has 0 radical (unpaired) electrons. The number of sulfone groups is 1. The van der Waals surface area contributed by atoms with E-state index in [0.717, 1.165) is 6.26 Å². The molecule has 0 fully saturated rings. The summed E-state index contributed by atoms with van der Waals surface area (Å²) in [7, 11) is -1.85. The zero-order chi connectivity index (χ0) is 9.99. The Morgan fingerprint density at radius 2 is 1.75 bits per heavy atom. The van der Waals surface area contributed by atoms with Crippen LogP contribution in [0.4, 0.5) is 0 Å². The Morgan fingerprint density at radius 3 is 1.83 bits per heavy atom. The summed E-state index contributed by atoms with van der Waals surface area (Å²) in [4.78, 5) is 0. The standard InChI is InChI=1S/C8H16O3S/c1-8(2,3)6-7(11-4)12(5,9)10/h6H,1-5H3. The van der Waals surface area contributed by atoms with E-state index in [-0.39, 0.29) is 10.5 Å². The van der Waals surface area contributed by atoms with E-state index in [2.05, 4.69) is 0 Å². The molecule has 0 aliphatic rings. The molecule has 0 aromatic carbocycles. The molecule has 12 heavy (non-hydrogen) atoms. The van der Waals surface area contributed by atoms with Crippen molar-refractivity contribution < 1.29 is 13.2 Å². The lowest BCUT2D eigenvalue weighted by Crippen LogP contribution is -2.09. The Balaban J connectivity index is 4.95. The van der Waals surface area contributed by atoms with E-state index in [1.807, 2.05) is 20.8 Å². The quantitative estimate of drug-likeness (QED) is 0.624. The molecule has 0 N–H and O–H groups in total. The molecule has 0 aromatic heterocycles. The summed E-state index contributed by atoms with van der Waals surface area (Å²) in [5.74, 6) is 0. The third-order valence-corrected chi connectivity index (χ3v) is 2.13. The fraction of sp³-hybridized carbons (Fsp3) is 0.750. The van der Waals surface area contributed by atoms with Gasteiger partial charge in [-0.25, -0.2) is 8.42 Å². The van der Waals surface area contributed by atoms with Crippen LogP contribution in [0.2, 0.25) is 0 Å². The van der Waals surface area contributed by atoms with Crippen LogP contribution in [0.3, 0.4) is 0 Å². The molecule has 72 valence electrons. The average molecular weight is 192 g/mol. The summed E-state index contributed by atoms with van der Waals surface area (Å²) in [6, 6.07) is 0. The van der Waals surface area contributed by atoms with Crippen molar-refractivity contribution in [2.24, 2.45) is 5.41 Å². The second kappa shape index (κ2) is 3.47. The molecule has 0 aliphatic carbocycles. The van der Waals surface area contributed by atoms with Crippen LogP contribution in [0.25, 0.3) is 0 Å². The minimum absolute atomic E-state index is 0.0370. The fourth-order valence-corrected chi connectivity index (χ4v) is 1.54. The van der Waals surface area contributed by atoms with Crippen LogP contribution in [-0.4, -0.2) is 21.8 Å². The van der Waals surface area contributed by atoms with Gasteiger partial charge in [0.2, 0.25) is 14.9 Å². The Labute approximate surface area is 74.3 Å². The van der Waals surface area contributed by atoms with Gasteiger partial charge >= 0.3 is 0 Å². The van der Waals surface area contributed by atoms with Crippen LogP contribution >= 0.6 is 0 Å². The normalized spacial score (nSPS) is 14.6. The van der Waals surface area contributed by atoms with Crippen molar-refractivity contribution in [1.82, 2.24) is 0 Å². The van der Waals surface area contributed by atoms with Crippen molar-refractivity contribution in [3.8, 4) is 0 Å². The SMILES string of the molecule is COC(=CC(C)(C)C)S(C)(=O)=O. The number of ether oxygens (including phenoxy) is 1. The molecule has 0 atom stereocenters. The Kier molecular flexibility index (Phi) is 3.33. The summed E-state index contributed by atoms with van der Waals surface area (Å²) in [6.45, 7) is 5.74. The van der Waals surface area contributed by atoms with Crippen molar-refractivity contribution >= 4 is 9.84 Å². The van der Waals surface area contributed by atoms with Crippen LogP contribution in [0.1, 0.15) is 20.8 Å². The highest BCUT2D eigenvalue weighted by Crippen LogP contribution is 2.20. The van der Waals surface area contributed by atoms with Crippen LogP contribution in [0, 0.1) is 5.41 Å². The molecule has 0 aliphatic heterocycles. The van der Waals surface area contributed by atoms with E-state index in [0.29, 0.717) is 0 Å². The summed E-state index contributed by atoms with van der Waals surface area (Å²) < 4.78 is 26.9. The summed E-state index contributed by atoms with van der Waals surface area (Å²) in [5.41, 5.74) is -0.186. The van der Waals surface area contributed by atoms with Crippen LogP contribution in [-0.2, 0) is 14.6 Å². The molecular weight excluding hydrogens is 176 g/mol. The maximum Gasteiger partial charge on any atom is 0.207 e. The molecule has 0 saturated heterocycles. The summed E-state index contributed by atoms with van der Waals surface area (Å²) >= 11 is 0. The Morgan fingerprint density at radius 1 is 1.33 bits per heavy atom. The molecule has 0 spiro atoms. The molecule has 0 rings (SSSR count). The maximum absolute atomic E-state index is 11.0. The first kappa shape index (κ1) is 11.5. The molecule has 4 heteroatoms. The third kappa shape index (κ3) is 4.38. The minimum atomic E-state index is -3.21. The molecule has 0 unspecified atom stereocenters. The van der Waals surface area contributed by atoms with Gasteiger partial charge in [0.05, 0.1) is 7.11 Å². The topological polar surface area (TPSA) is 43.4 Å². The van der Waals surface area contributed by atoms with E-state index >= 15 is 0 Å². The molecule has 0 aromatic rings. The Bertz CT molecular complexity index is 267. The zero-order valence-corrected chi connectivity index (χ0v) is 9.03. The largest absolute Gasteiger partial charge is 0.487 e. The van der Waals surface area contributed by atoms with Gasteiger partial charge < -0.3 is 4.74 Å². The molecular formula is C8H16O3S. The first-order chi connectivity index (χ1) is 5.17. The van der Waals surface area contributed by atoms with Gasteiger partial charge in [-0.05, 0) is 11.5 Å². The zero-order valence-electron chi connectivity index (χ0n) is 8.21. The van der Waals surface area contributed by atoms with Gasteiger partial charge in [-0.3, -0.25) is 0 Å². The van der Waals surface area contributed by atoms with Gasteiger partial charge in [0, 0.05) is 6.26 Å². The molecule has 0 saturated carbocycles. The minimum Gasteiger partial charge on any atom is -0.487 e. The van der Waals surface area contributed by atoms with Crippen LogP contribution in [0.15, 0.2) is 11.2 Å². The predicted molar refractivity (Wildman–Crippen MR) is 49.4 cm³/mol. The second-order valence-electron chi connectivity index (χ2n) is 3.81. The van der Waals surface area contributed by atoms with E-state index in [1.165, 1.54) is 7.11 Å². The van der Waals surface area contributed by atoms with Crippen LogP contribution in [0.5, 0.6) is 0 Å². The predicted octanol–water partition coefficient (Wildman–Crippen LogP) is 1.56. The first-order valence-electron chi connectivity index (χ1n) is 3.64. The molecule has 0 heterocycles. The number of rotatable bonds is 2. The molecule has 0 bridgehead atoms. The van der Waals surface area contributed by atoms with E-state index < -0.39 is 9.84 Å². The van der Waals surface area contributed by atoms with E-state index in [1.54, 1.807) is 6.08 Å². The number of hydrogen-bond donors (Lipinski definition) is 0. The number of allylic oxidation sites excluding steroid dienone is 1. The van der Waals surface area contributed by atoms with Crippen molar-refractivity contribution in [3.63, 3.8) is 0 Å². The lowest BCUT2D eigenvalue weighted by atomic mass is 9.97. The molecule has 3 nitrogen and oxygen atoms in total. The van der Waals surface area contributed by atoms with E-state index in [9.17, 15) is 8.42 Å². The number of hydrogen-bond acceptors (Lipinski definition) is 3. The van der Waals surface area contributed by atoms with E-state index in [4.69, 9.17) is 4.74 Å². The smallest absolute Gasteiger partial charge is 0.207 e. The highest BCUT2D eigenvalue weighted by Gasteiger charge is 2.16. The maximum atomic E-state index is 11.0. The second-order valence-corrected chi connectivity index (χ2v) is 5.75. The van der Waals surface area contributed by atoms with Gasteiger partial charge in [0.1, 0.15) is 0 Å². The van der Waals surface area contributed by atoms with Gasteiger partial charge in [-0.15, -0.1) is 0 Å². The summed E-state index contributed by atoms with van der Waals surface area (Å²) in [6.07, 6.45) is 2.73. The van der Waals surface area contributed by atoms with Gasteiger partial charge in [-0.1, -0.05) is 20.8 Å². The van der Waals surface area contributed by atoms with Gasteiger partial charge in [0.15, 0.2) is 0 Å².